The van der Waals surface area contributed by atoms with E-state index in [0.29, 0.717) is 10.6 Å². The molecule has 2 aromatic rings. The normalized spacial score (nSPS) is 10.4. The van der Waals surface area contributed by atoms with E-state index in [4.69, 9.17) is 0 Å². The maximum absolute atomic E-state index is 12.1. The highest BCUT2D eigenvalue weighted by molar-refractivity contribution is 7.99. The van der Waals surface area contributed by atoms with Crippen LogP contribution >= 0.6 is 11.8 Å². The number of rotatable bonds is 4. The van der Waals surface area contributed by atoms with E-state index in [-0.39, 0.29) is 11.5 Å². The van der Waals surface area contributed by atoms with E-state index in [1.165, 1.54) is 23.5 Å². The van der Waals surface area contributed by atoms with Gasteiger partial charge in [0.2, 0.25) is 0 Å². The molecule has 0 atom stereocenters. The first-order valence-electron chi connectivity index (χ1n) is 5.99. The highest BCUT2D eigenvalue weighted by Crippen LogP contribution is 2.16. The average molecular weight is 273 g/mol. The van der Waals surface area contributed by atoms with Gasteiger partial charge < -0.3 is 5.21 Å². The Morgan fingerprint density at radius 2 is 2.00 bits per heavy atom. The molecule has 0 amide bonds. The lowest BCUT2D eigenvalue weighted by Crippen LogP contribution is -2.28. The van der Waals surface area contributed by atoms with E-state index < -0.39 is 0 Å². The quantitative estimate of drug-likeness (QED) is 0.372. The van der Waals surface area contributed by atoms with Gasteiger partial charge in [-0.05, 0) is 48.9 Å². The summed E-state index contributed by atoms with van der Waals surface area (Å²) in [5.74, 6) is 0.311. The van der Waals surface area contributed by atoms with E-state index in [9.17, 15) is 10.0 Å². The SMILES string of the molecule is Cc1ccc(C(=O)CSc2cccc[n+]2[O-])cc1C. The van der Waals surface area contributed by atoms with Crippen LogP contribution in [0.2, 0.25) is 0 Å². The summed E-state index contributed by atoms with van der Waals surface area (Å²) in [6.45, 7) is 4.00. The molecular weight excluding hydrogens is 258 g/mol. The summed E-state index contributed by atoms with van der Waals surface area (Å²) < 4.78 is 0.776. The molecule has 1 aromatic carbocycles. The van der Waals surface area contributed by atoms with Gasteiger partial charge in [0.15, 0.2) is 12.0 Å². The van der Waals surface area contributed by atoms with Crippen LogP contribution in [0, 0.1) is 19.1 Å². The molecule has 0 fully saturated rings. The predicted octanol–water partition coefficient (Wildman–Crippen LogP) is 2.91. The molecule has 19 heavy (non-hydrogen) atoms. The number of thioether (sulfide) groups is 1. The maximum atomic E-state index is 12.1. The van der Waals surface area contributed by atoms with Crippen LogP contribution in [0.3, 0.4) is 0 Å². The van der Waals surface area contributed by atoms with Gasteiger partial charge in [-0.2, -0.15) is 4.73 Å². The number of benzene rings is 1. The zero-order valence-corrected chi connectivity index (χ0v) is 11.7. The van der Waals surface area contributed by atoms with Crippen molar-refractivity contribution in [1.82, 2.24) is 0 Å². The fourth-order valence-electron chi connectivity index (χ4n) is 1.66. The molecule has 2 rings (SSSR count). The topological polar surface area (TPSA) is 44.0 Å². The summed E-state index contributed by atoms with van der Waals surface area (Å²) in [5, 5.41) is 12.0. The van der Waals surface area contributed by atoms with Crippen molar-refractivity contribution in [2.75, 3.05) is 5.75 Å². The number of hydrogen-bond donors (Lipinski definition) is 0. The van der Waals surface area contributed by atoms with Crippen molar-refractivity contribution in [3.05, 3.63) is 64.5 Å². The molecule has 0 N–H and O–H groups in total. The highest BCUT2D eigenvalue weighted by Gasteiger charge is 2.11. The summed E-state index contributed by atoms with van der Waals surface area (Å²) in [6, 6.07) is 10.9. The first-order valence-corrected chi connectivity index (χ1v) is 6.98. The number of pyridine rings is 1. The summed E-state index contributed by atoms with van der Waals surface area (Å²) >= 11 is 1.26. The Balaban J connectivity index is 2.05. The fraction of sp³-hybridized carbons (Fsp3) is 0.200. The Morgan fingerprint density at radius 1 is 1.21 bits per heavy atom. The lowest BCUT2D eigenvalue weighted by Gasteiger charge is -2.05. The van der Waals surface area contributed by atoms with Gasteiger partial charge >= 0.3 is 0 Å². The molecule has 0 bridgehead atoms. The molecule has 0 aliphatic heterocycles. The minimum Gasteiger partial charge on any atom is -0.618 e. The standard InChI is InChI=1S/C15H15NO2S/c1-11-6-7-13(9-12(11)2)14(17)10-19-15-5-3-4-8-16(15)18/h3-9H,10H2,1-2H3. The van der Waals surface area contributed by atoms with Crippen LogP contribution in [-0.2, 0) is 0 Å². The predicted molar refractivity (Wildman–Crippen MR) is 76.4 cm³/mol. The van der Waals surface area contributed by atoms with Crippen molar-refractivity contribution in [3.63, 3.8) is 0 Å². The second-order valence-electron chi connectivity index (χ2n) is 4.38. The largest absolute Gasteiger partial charge is 0.618 e. The van der Waals surface area contributed by atoms with E-state index in [1.807, 2.05) is 32.0 Å². The second kappa shape index (κ2) is 5.89. The van der Waals surface area contributed by atoms with Gasteiger partial charge in [0.05, 0.1) is 5.75 Å². The van der Waals surface area contributed by atoms with Crippen LogP contribution in [0.5, 0.6) is 0 Å². The molecule has 0 spiro atoms. The molecule has 1 heterocycles. The smallest absolute Gasteiger partial charge is 0.251 e. The van der Waals surface area contributed by atoms with E-state index in [2.05, 4.69) is 0 Å². The zero-order chi connectivity index (χ0) is 13.8. The third-order valence-electron chi connectivity index (χ3n) is 2.97. The third kappa shape index (κ3) is 3.35. The van der Waals surface area contributed by atoms with Crippen molar-refractivity contribution in [3.8, 4) is 0 Å². The molecule has 0 radical (unpaired) electrons. The Hall–Kier alpha value is -1.81. The summed E-state index contributed by atoms with van der Waals surface area (Å²) in [4.78, 5) is 12.1. The number of carbonyl (C=O) groups is 1. The molecule has 0 unspecified atom stereocenters. The molecule has 98 valence electrons. The molecule has 0 aliphatic rings. The molecule has 3 nitrogen and oxygen atoms in total. The van der Waals surface area contributed by atoms with Gasteiger partial charge in [-0.1, -0.05) is 12.1 Å². The van der Waals surface area contributed by atoms with Gasteiger partial charge in [0, 0.05) is 17.7 Å². The van der Waals surface area contributed by atoms with Gasteiger partial charge in [-0.25, -0.2) is 0 Å². The Morgan fingerprint density at radius 3 is 2.68 bits per heavy atom. The number of aryl methyl sites for hydroxylation is 2. The van der Waals surface area contributed by atoms with Crippen molar-refractivity contribution in [2.24, 2.45) is 0 Å². The number of carbonyl (C=O) groups excluding carboxylic acids is 1. The number of Topliss-reactive ketones (excluding diaryl/α,β-unsaturated/α-hetero) is 1. The van der Waals surface area contributed by atoms with Crippen LogP contribution in [-0.4, -0.2) is 11.5 Å². The average Bonchev–Trinajstić information content (AvgIpc) is 2.40. The van der Waals surface area contributed by atoms with Crippen LogP contribution in [0.25, 0.3) is 0 Å². The van der Waals surface area contributed by atoms with Crippen molar-refractivity contribution in [1.29, 1.82) is 0 Å². The zero-order valence-electron chi connectivity index (χ0n) is 10.9. The summed E-state index contributed by atoms with van der Waals surface area (Å²) in [6.07, 6.45) is 1.43. The van der Waals surface area contributed by atoms with E-state index >= 15 is 0 Å². The van der Waals surface area contributed by atoms with Crippen LogP contribution < -0.4 is 4.73 Å². The molecule has 4 heteroatoms. The van der Waals surface area contributed by atoms with Crippen LogP contribution in [0.15, 0.2) is 47.6 Å². The number of hydrogen-bond acceptors (Lipinski definition) is 3. The molecule has 0 aliphatic carbocycles. The van der Waals surface area contributed by atoms with Gasteiger partial charge in [-0.3, -0.25) is 4.79 Å². The van der Waals surface area contributed by atoms with Crippen LogP contribution in [0.4, 0.5) is 0 Å². The molecule has 0 saturated carbocycles. The molecular formula is C15H15NO2S. The maximum Gasteiger partial charge on any atom is 0.251 e. The number of ketones is 1. The first-order chi connectivity index (χ1) is 9.08. The van der Waals surface area contributed by atoms with E-state index in [1.54, 1.807) is 18.2 Å². The Bertz CT molecular complexity index is 611. The highest BCUT2D eigenvalue weighted by atomic mass is 32.2. The minimum absolute atomic E-state index is 0.0388. The lowest BCUT2D eigenvalue weighted by atomic mass is 10.0. The van der Waals surface area contributed by atoms with E-state index in [0.717, 1.165) is 10.3 Å². The van der Waals surface area contributed by atoms with Crippen LogP contribution in [0.1, 0.15) is 21.5 Å². The van der Waals surface area contributed by atoms with Gasteiger partial charge in [0.1, 0.15) is 0 Å². The summed E-state index contributed by atoms with van der Waals surface area (Å²) in [5.41, 5.74) is 2.98. The first kappa shape index (κ1) is 13.6. The lowest BCUT2D eigenvalue weighted by molar-refractivity contribution is -0.645. The Kier molecular flexibility index (Phi) is 4.22. The monoisotopic (exact) mass is 273 g/mol. The van der Waals surface area contributed by atoms with Gasteiger partial charge in [-0.15, -0.1) is 0 Å². The van der Waals surface area contributed by atoms with Crippen molar-refractivity contribution < 1.29 is 9.52 Å². The summed E-state index contributed by atoms with van der Waals surface area (Å²) in [7, 11) is 0. The fourth-order valence-corrected chi connectivity index (χ4v) is 2.47. The number of aromatic nitrogens is 1. The molecule has 1 aromatic heterocycles. The second-order valence-corrected chi connectivity index (χ2v) is 5.37. The van der Waals surface area contributed by atoms with Crippen molar-refractivity contribution >= 4 is 17.5 Å². The van der Waals surface area contributed by atoms with Gasteiger partial charge in [0.25, 0.3) is 5.03 Å². The Labute approximate surface area is 116 Å². The number of nitrogens with zero attached hydrogens (tertiary/aromatic N) is 1. The third-order valence-corrected chi connectivity index (χ3v) is 3.99. The minimum atomic E-state index is 0.0388. The van der Waals surface area contributed by atoms with Crippen molar-refractivity contribution in [2.45, 2.75) is 18.9 Å². The molecule has 0 saturated heterocycles.